The zero-order chi connectivity index (χ0) is 12.3. The molecule has 1 atom stereocenters. The number of carbonyl (C=O) groups excluding carboxylic acids is 1. The van der Waals surface area contributed by atoms with Crippen LogP contribution in [0.5, 0.6) is 0 Å². The van der Waals surface area contributed by atoms with Crippen molar-refractivity contribution >= 4 is 11.7 Å². The highest BCUT2D eigenvalue weighted by Crippen LogP contribution is 2.12. The van der Waals surface area contributed by atoms with Crippen LogP contribution >= 0.6 is 0 Å². The smallest absolute Gasteiger partial charge is 0.286 e. The van der Waals surface area contributed by atoms with Crippen LogP contribution < -0.4 is 10.6 Å². The van der Waals surface area contributed by atoms with Crippen LogP contribution in [0.2, 0.25) is 0 Å². The molecule has 2 N–H and O–H groups in total. The first-order valence-electron chi connectivity index (χ1n) is 5.51. The van der Waals surface area contributed by atoms with Crippen molar-refractivity contribution in [3.05, 3.63) is 35.6 Å². The maximum absolute atomic E-state index is 12.7. The molecule has 0 fully saturated rings. The van der Waals surface area contributed by atoms with Gasteiger partial charge in [0.05, 0.1) is 12.6 Å². The zero-order valence-corrected chi connectivity index (χ0v) is 9.53. The average Bonchev–Trinajstić information content (AvgIpc) is 2.83. The summed E-state index contributed by atoms with van der Waals surface area (Å²) in [5, 5.41) is 5.70. The van der Waals surface area contributed by atoms with Crippen LogP contribution in [0.3, 0.4) is 0 Å². The molecule has 0 aromatic heterocycles. The summed E-state index contributed by atoms with van der Waals surface area (Å²) in [5.74, 6) is -0.132. The van der Waals surface area contributed by atoms with Gasteiger partial charge >= 0.3 is 0 Å². The molecular formula is C12H14FN3O. The number of amidine groups is 1. The van der Waals surface area contributed by atoms with Crippen molar-refractivity contribution in [2.24, 2.45) is 4.99 Å². The van der Waals surface area contributed by atoms with Gasteiger partial charge in [-0.1, -0.05) is 12.1 Å². The molecular weight excluding hydrogens is 221 g/mol. The fourth-order valence-electron chi connectivity index (χ4n) is 1.65. The van der Waals surface area contributed by atoms with Gasteiger partial charge in [-0.25, -0.2) is 4.39 Å². The summed E-state index contributed by atoms with van der Waals surface area (Å²) in [7, 11) is 0. The lowest BCUT2D eigenvalue weighted by molar-refractivity contribution is -0.115. The van der Waals surface area contributed by atoms with E-state index in [2.05, 4.69) is 15.6 Å². The lowest BCUT2D eigenvalue weighted by Crippen LogP contribution is -2.38. The lowest BCUT2D eigenvalue weighted by atomic mass is 10.1. The Bertz CT molecular complexity index is 442. The Morgan fingerprint density at radius 1 is 1.47 bits per heavy atom. The Kier molecular flexibility index (Phi) is 3.37. The molecule has 1 unspecified atom stereocenters. The molecule has 0 spiro atoms. The van der Waals surface area contributed by atoms with Gasteiger partial charge in [0.15, 0.2) is 5.84 Å². The molecule has 5 heteroatoms. The number of nitrogens with zero attached hydrogens (tertiary/aromatic N) is 1. The third-order valence-corrected chi connectivity index (χ3v) is 2.61. The number of nitrogens with one attached hydrogen (secondary N) is 2. The van der Waals surface area contributed by atoms with E-state index >= 15 is 0 Å². The number of hydrogen-bond acceptors (Lipinski definition) is 3. The van der Waals surface area contributed by atoms with E-state index in [1.165, 1.54) is 12.1 Å². The summed E-state index contributed by atoms with van der Waals surface area (Å²) in [4.78, 5) is 15.7. The van der Waals surface area contributed by atoms with E-state index in [1.807, 2.05) is 6.92 Å². The highest BCUT2D eigenvalue weighted by Gasteiger charge is 2.17. The molecule has 1 aromatic rings. The van der Waals surface area contributed by atoms with E-state index in [-0.39, 0.29) is 17.8 Å². The Hall–Kier alpha value is -1.91. The highest BCUT2D eigenvalue weighted by atomic mass is 19.1. The third kappa shape index (κ3) is 2.81. The monoisotopic (exact) mass is 235 g/mol. The second kappa shape index (κ2) is 4.95. The average molecular weight is 235 g/mol. The summed E-state index contributed by atoms with van der Waals surface area (Å²) in [6.45, 7) is 3.18. The third-order valence-electron chi connectivity index (χ3n) is 2.61. The van der Waals surface area contributed by atoms with Gasteiger partial charge in [-0.15, -0.1) is 0 Å². The van der Waals surface area contributed by atoms with Gasteiger partial charge in [-0.2, -0.15) is 0 Å². The highest BCUT2D eigenvalue weighted by molar-refractivity contribution is 6.38. The van der Waals surface area contributed by atoms with Crippen molar-refractivity contribution in [1.29, 1.82) is 0 Å². The van der Waals surface area contributed by atoms with E-state index < -0.39 is 0 Å². The van der Waals surface area contributed by atoms with Crippen LogP contribution in [0, 0.1) is 5.82 Å². The molecule has 1 heterocycles. The Morgan fingerprint density at radius 2 is 2.18 bits per heavy atom. The Morgan fingerprint density at radius 3 is 2.76 bits per heavy atom. The van der Waals surface area contributed by atoms with Gasteiger partial charge in [0.2, 0.25) is 0 Å². The summed E-state index contributed by atoms with van der Waals surface area (Å²) in [6, 6.07) is 5.90. The fourth-order valence-corrected chi connectivity index (χ4v) is 1.65. The summed E-state index contributed by atoms with van der Waals surface area (Å²) in [6.07, 6.45) is 0. The van der Waals surface area contributed by atoms with E-state index in [0.29, 0.717) is 18.9 Å². The predicted octanol–water partition coefficient (Wildman–Crippen LogP) is 1.00. The number of halogens is 1. The minimum atomic E-state index is -0.283. The first kappa shape index (κ1) is 11.6. The van der Waals surface area contributed by atoms with Crippen molar-refractivity contribution in [2.75, 3.05) is 13.1 Å². The molecule has 17 heavy (non-hydrogen) atoms. The van der Waals surface area contributed by atoms with Crippen molar-refractivity contribution in [2.45, 2.75) is 13.0 Å². The maximum atomic E-state index is 12.7. The molecule has 0 aliphatic carbocycles. The van der Waals surface area contributed by atoms with Crippen molar-refractivity contribution in [1.82, 2.24) is 10.6 Å². The van der Waals surface area contributed by atoms with Crippen molar-refractivity contribution in [3.8, 4) is 0 Å². The molecule has 0 radical (unpaired) electrons. The van der Waals surface area contributed by atoms with Crippen LogP contribution in [0.1, 0.15) is 18.5 Å². The molecule has 1 aliphatic heterocycles. The van der Waals surface area contributed by atoms with Gasteiger partial charge < -0.3 is 10.6 Å². The Labute approximate surface area is 98.9 Å². The second-order valence-corrected chi connectivity index (χ2v) is 3.90. The van der Waals surface area contributed by atoms with E-state index in [4.69, 9.17) is 0 Å². The largest absolute Gasteiger partial charge is 0.364 e. The molecule has 1 aromatic carbocycles. The molecule has 0 saturated heterocycles. The molecule has 0 saturated carbocycles. The number of aliphatic imine (C=N–C) groups is 1. The van der Waals surface area contributed by atoms with Crippen LogP contribution in [-0.2, 0) is 4.79 Å². The van der Waals surface area contributed by atoms with Crippen LogP contribution in [-0.4, -0.2) is 24.8 Å². The zero-order valence-electron chi connectivity index (χ0n) is 9.53. The van der Waals surface area contributed by atoms with Crippen LogP contribution in [0.25, 0.3) is 0 Å². The minimum absolute atomic E-state index is 0.173. The summed E-state index contributed by atoms with van der Waals surface area (Å²) in [5.41, 5.74) is 0.860. The number of hydrogen-bond donors (Lipinski definition) is 2. The summed E-state index contributed by atoms with van der Waals surface area (Å²) >= 11 is 0. The topological polar surface area (TPSA) is 53.5 Å². The normalized spacial score (nSPS) is 16.0. The first-order chi connectivity index (χ1) is 8.16. The predicted molar refractivity (Wildman–Crippen MR) is 63.3 cm³/mol. The molecule has 0 bridgehead atoms. The Balaban J connectivity index is 1.98. The van der Waals surface area contributed by atoms with Crippen molar-refractivity contribution in [3.63, 3.8) is 0 Å². The molecule has 4 nitrogen and oxygen atoms in total. The maximum Gasteiger partial charge on any atom is 0.286 e. The van der Waals surface area contributed by atoms with Gasteiger partial charge in [-0.05, 0) is 24.6 Å². The summed E-state index contributed by atoms with van der Waals surface area (Å²) < 4.78 is 12.7. The minimum Gasteiger partial charge on any atom is -0.364 e. The van der Waals surface area contributed by atoms with Gasteiger partial charge in [0.1, 0.15) is 5.82 Å². The lowest BCUT2D eigenvalue weighted by Gasteiger charge is -2.14. The number of rotatable bonds is 3. The SMILES string of the molecule is CC(NC(=O)C1=NCCN1)c1ccc(F)cc1. The fraction of sp³-hybridized carbons (Fsp3) is 0.333. The number of carbonyl (C=O) groups is 1. The standard InChI is InChI=1S/C12H14FN3O/c1-8(9-2-4-10(13)5-3-9)16-12(17)11-14-6-7-15-11/h2-5,8H,6-7H2,1H3,(H,14,15)(H,16,17). The van der Waals surface area contributed by atoms with Crippen LogP contribution in [0.15, 0.2) is 29.3 Å². The van der Waals surface area contributed by atoms with Crippen molar-refractivity contribution < 1.29 is 9.18 Å². The van der Waals surface area contributed by atoms with E-state index in [0.717, 1.165) is 5.56 Å². The van der Waals surface area contributed by atoms with Crippen LogP contribution in [0.4, 0.5) is 4.39 Å². The van der Waals surface area contributed by atoms with Gasteiger partial charge in [0.25, 0.3) is 5.91 Å². The molecule has 90 valence electrons. The first-order valence-corrected chi connectivity index (χ1v) is 5.51. The second-order valence-electron chi connectivity index (χ2n) is 3.90. The van der Waals surface area contributed by atoms with Gasteiger partial charge in [0, 0.05) is 6.54 Å². The van der Waals surface area contributed by atoms with E-state index in [9.17, 15) is 9.18 Å². The number of benzene rings is 1. The van der Waals surface area contributed by atoms with E-state index in [1.54, 1.807) is 12.1 Å². The quantitative estimate of drug-likeness (QED) is 0.821. The molecule has 1 aliphatic rings. The molecule has 1 amide bonds. The number of amides is 1. The van der Waals surface area contributed by atoms with Gasteiger partial charge in [-0.3, -0.25) is 9.79 Å². The molecule has 2 rings (SSSR count).